The van der Waals surface area contributed by atoms with Crippen molar-refractivity contribution in [2.45, 2.75) is 75.0 Å². The van der Waals surface area contributed by atoms with Gasteiger partial charge in [0.05, 0.1) is 5.52 Å². The molecule has 1 aromatic heterocycles. The Labute approximate surface area is 295 Å². The zero-order valence-corrected chi connectivity index (χ0v) is 28.6. The number of aromatic nitrogens is 1. The summed E-state index contributed by atoms with van der Waals surface area (Å²) < 4.78 is 0. The minimum Gasteiger partial charge on any atom is -0.256 e. The van der Waals surface area contributed by atoms with Crippen molar-refractivity contribution in [2.24, 2.45) is 0 Å². The predicted molar refractivity (Wildman–Crippen MR) is 209 cm³/mol. The van der Waals surface area contributed by atoms with Crippen LogP contribution in [0.25, 0.3) is 66.2 Å². The molecule has 2 spiro atoms. The van der Waals surface area contributed by atoms with Crippen molar-refractivity contribution < 1.29 is 0 Å². The largest absolute Gasteiger partial charge is 0.256 e. The van der Waals surface area contributed by atoms with Crippen molar-refractivity contribution in [2.75, 3.05) is 0 Å². The molecule has 1 heteroatoms. The van der Waals surface area contributed by atoms with Gasteiger partial charge in [0, 0.05) is 28.0 Å². The highest BCUT2D eigenvalue weighted by Crippen LogP contribution is 2.58. The minimum atomic E-state index is 0.121. The smallest absolute Gasteiger partial charge is 0.0792 e. The third-order valence-corrected chi connectivity index (χ3v) is 13.3. The summed E-state index contributed by atoms with van der Waals surface area (Å²) in [6, 6.07) is 46.8. The molecule has 0 N–H and O–H groups in total. The first-order valence-corrected chi connectivity index (χ1v) is 19.1. The van der Waals surface area contributed by atoms with Crippen molar-refractivity contribution in [3.63, 3.8) is 0 Å². The third-order valence-electron chi connectivity index (χ3n) is 13.3. The van der Waals surface area contributed by atoms with Crippen LogP contribution in [-0.2, 0) is 10.8 Å². The van der Waals surface area contributed by atoms with Gasteiger partial charge < -0.3 is 0 Å². The molecule has 0 atom stereocenters. The van der Waals surface area contributed by atoms with Gasteiger partial charge in [-0.1, -0.05) is 142 Å². The van der Waals surface area contributed by atoms with Crippen LogP contribution in [-0.4, -0.2) is 4.98 Å². The zero-order valence-electron chi connectivity index (χ0n) is 28.6. The Bertz CT molecular complexity index is 2270. The van der Waals surface area contributed by atoms with E-state index in [0.29, 0.717) is 0 Å². The maximum Gasteiger partial charge on any atom is 0.0792 e. The molecule has 6 aromatic carbocycles. The van der Waals surface area contributed by atoms with E-state index in [2.05, 4.69) is 121 Å². The lowest BCUT2D eigenvalue weighted by Gasteiger charge is -2.36. The van der Waals surface area contributed by atoms with Gasteiger partial charge in [0.15, 0.2) is 0 Å². The molecule has 4 aliphatic rings. The number of hydrogen-bond donors (Lipinski definition) is 0. The SMILES string of the molecule is c1ccc2c(c1)-c1ccc(-c3c4ccccc4c(-c4ccc5c(c4)C4(CCCCC4)c4ccccc4-5)c4ncccc34)cc1C21CCCCC1. The molecule has 11 rings (SSSR count). The summed E-state index contributed by atoms with van der Waals surface area (Å²) in [6.07, 6.45) is 14.8. The number of fused-ring (bicyclic) bond motifs is 12. The van der Waals surface area contributed by atoms with Gasteiger partial charge in [0.25, 0.3) is 0 Å². The number of hydrogen-bond acceptors (Lipinski definition) is 1. The van der Waals surface area contributed by atoms with Crippen LogP contribution in [0.5, 0.6) is 0 Å². The van der Waals surface area contributed by atoms with Gasteiger partial charge in [-0.15, -0.1) is 0 Å². The average molecular weight is 644 g/mol. The quantitative estimate of drug-likeness (QED) is 0.171. The molecule has 50 heavy (non-hydrogen) atoms. The normalized spacial score (nSPS) is 17.9. The standard InChI is InChI=1S/C49H41N/c1-9-25-48(26-10-1)41-19-7-5-14-34(41)36-23-21-32(30-43(36)48)45-38-16-3-4-17-39(38)46(47-40(45)18-13-29-50-47)33-22-24-37-35-15-6-8-20-42(35)49(44(37)31-33)27-11-2-12-28-49/h3-8,13-24,29-31H,1-2,9-12,25-28H2. The fourth-order valence-electron chi connectivity index (χ4n) is 11.2. The molecule has 0 unspecified atom stereocenters. The van der Waals surface area contributed by atoms with Crippen LogP contribution in [0, 0.1) is 0 Å². The van der Waals surface area contributed by atoms with Crippen molar-refractivity contribution in [1.82, 2.24) is 4.98 Å². The molecule has 2 saturated carbocycles. The molecule has 1 heterocycles. The number of benzene rings is 6. The topological polar surface area (TPSA) is 12.9 Å². The fraction of sp³-hybridized carbons (Fsp3) is 0.245. The average Bonchev–Trinajstić information content (AvgIpc) is 3.60. The van der Waals surface area contributed by atoms with E-state index in [4.69, 9.17) is 4.98 Å². The van der Waals surface area contributed by atoms with E-state index in [9.17, 15) is 0 Å². The van der Waals surface area contributed by atoms with Crippen molar-refractivity contribution in [1.29, 1.82) is 0 Å². The van der Waals surface area contributed by atoms with E-state index in [1.54, 1.807) is 11.1 Å². The Hall–Kier alpha value is -5.01. The first-order chi connectivity index (χ1) is 24.8. The second-order valence-corrected chi connectivity index (χ2v) is 15.6. The van der Waals surface area contributed by atoms with Crippen molar-refractivity contribution in [3.05, 3.63) is 150 Å². The summed E-state index contributed by atoms with van der Waals surface area (Å²) in [5.74, 6) is 0. The lowest BCUT2D eigenvalue weighted by Crippen LogP contribution is -2.28. The molecule has 1 nitrogen and oxygen atoms in total. The van der Waals surface area contributed by atoms with Crippen molar-refractivity contribution in [3.8, 4) is 44.5 Å². The van der Waals surface area contributed by atoms with Gasteiger partial charge in [-0.3, -0.25) is 4.98 Å². The highest BCUT2D eigenvalue weighted by atomic mass is 14.7. The van der Waals surface area contributed by atoms with Crippen LogP contribution in [0.4, 0.5) is 0 Å². The maximum atomic E-state index is 5.22. The lowest BCUT2D eigenvalue weighted by atomic mass is 9.67. The highest BCUT2D eigenvalue weighted by Gasteiger charge is 2.45. The van der Waals surface area contributed by atoms with E-state index in [0.717, 1.165) is 5.52 Å². The Kier molecular flexibility index (Phi) is 6.19. The molecule has 7 aromatic rings. The van der Waals surface area contributed by atoms with Gasteiger partial charge in [-0.2, -0.15) is 0 Å². The van der Waals surface area contributed by atoms with Gasteiger partial charge in [0.2, 0.25) is 0 Å². The minimum absolute atomic E-state index is 0.121. The molecule has 0 amide bonds. The highest BCUT2D eigenvalue weighted by molar-refractivity contribution is 6.20. The first kappa shape index (κ1) is 28.8. The fourth-order valence-corrected chi connectivity index (χ4v) is 11.2. The van der Waals surface area contributed by atoms with Gasteiger partial charge in [0.1, 0.15) is 0 Å². The third kappa shape index (κ3) is 3.81. The molecule has 0 aliphatic heterocycles. The number of pyridine rings is 1. The molecular formula is C49H41N. The Morgan fingerprint density at radius 2 is 0.840 bits per heavy atom. The van der Waals surface area contributed by atoms with E-state index >= 15 is 0 Å². The van der Waals surface area contributed by atoms with Gasteiger partial charge in [-0.25, -0.2) is 0 Å². The molecule has 4 aliphatic carbocycles. The van der Waals surface area contributed by atoms with E-state index in [1.165, 1.54) is 136 Å². The summed E-state index contributed by atoms with van der Waals surface area (Å²) >= 11 is 0. The van der Waals surface area contributed by atoms with Crippen LogP contribution < -0.4 is 0 Å². The summed E-state index contributed by atoms with van der Waals surface area (Å²) in [6.45, 7) is 0. The Morgan fingerprint density at radius 3 is 1.42 bits per heavy atom. The van der Waals surface area contributed by atoms with E-state index < -0.39 is 0 Å². The summed E-state index contributed by atoms with van der Waals surface area (Å²) in [7, 11) is 0. The molecule has 0 radical (unpaired) electrons. The van der Waals surface area contributed by atoms with Crippen LogP contribution in [0.3, 0.4) is 0 Å². The van der Waals surface area contributed by atoms with Gasteiger partial charge >= 0.3 is 0 Å². The Balaban J connectivity index is 1.15. The van der Waals surface area contributed by atoms with Crippen LogP contribution in [0.1, 0.15) is 86.5 Å². The second-order valence-electron chi connectivity index (χ2n) is 15.6. The van der Waals surface area contributed by atoms with Crippen LogP contribution in [0.15, 0.2) is 128 Å². The number of nitrogens with zero attached hydrogens (tertiary/aromatic N) is 1. The van der Waals surface area contributed by atoms with E-state index in [-0.39, 0.29) is 10.8 Å². The summed E-state index contributed by atoms with van der Waals surface area (Å²) in [5, 5.41) is 3.84. The molecule has 0 saturated heterocycles. The van der Waals surface area contributed by atoms with Gasteiger partial charge in [-0.05, 0) is 116 Å². The van der Waals surface area contributed by atoms with E-state index in [1.807, 2.05) is 6.20 Å². The lowest BCUT2D eigenvalue weighted by molar-refractivity contribution is 0.353. The molecule has 242 valence electrons. The first-order valence-electron chi connectivity index (χ1n) is 19.1. The molecule has 2 fully saturated rings. The Morgan fingerprint density at radius 1 is 0.380 bits per heavy atom. The molecular weight excluding hydrogens is 603 g/mol. The second kappa shape index (κ2) is 10.7. The van der Waals surface area contributed by atoms with Crippen LogP contribution in [0.2, 0.25) is 0 Å². The number of rotatable bonds is 2. The monoisotopic (exact) mass is 643 g/mol. The van der Waals surface area contributed by atoms with Crippen molar-refractivity contribution >= 4 is 21.7 Å². The summed E-state index contributed by atoms with van der Waals surface area (Å²) in [4.78, 5) is 5.22. The zero-order chi connectivity index (χ0) is 32.9. The summed E-state index contributed by atoms with van der Waals surface area (Å²) in [5.41, 5.74) is 18.4. The van der Waals surface area contributed by atoms with Crippen LogP contribution >= 0.6 is 0 Å². The molecule has 0 bridgehead atoms. The predicted octanol–water partition coefficient (Wildman–Crippen LogP) is 13.2. The maximum absolute atomic E-state index is 5.22.